The fraction of sp³-hybridized carbons (Fsp3) is 0.568. The Morgan fingerprint density at radius 3 is 2.38 bits per heavy atom. The number of nitrogens with zero attached hydrogens (tertiary/aromatic N) is 3. The Balaban J connectivity index is 1.32. The molecule has 9 nitrogen and oxygen atoms in total. The Kier molecular flexibility index (Phi) is 7.30. The average Bonchev–Trinajstić information content (AvgIpc) is 3.64. The van der Waals surface area contributed by atoms with E-state index in [0.29, 0.717) is 18.0 Å². The van der Waals surface area contributed by atoms with Gasteiger partial charge in [-0.2, -0.15) is 0 Å². The number of sulfonamides is 1. The van der Waals surface area contributed by atoms with Crippen LogP contribution in [0.4, 0.5) is 0 Å². The molecule has 5 aliphatic rings. The van der Waals surface area contributed by atoms with E-state index in [9.17, 15) is 18.0 Å². The van der Waals surface area contributed by atoms with Crippen LogP contribution >= 0.6 is 0 Å². The number of ether oxygens (including phenoxy) is 1. The molecule has 0 radical (unpaired) electrons. The van der Waals surface area contributed by atoms with Crippen LogP contribution in [0.25, 0.3) is 22.2 Å². The zero-order valence-corrected chi connectivity index (χ0v) is 28.7. The van der Waals surface area contributed by atoms with Crippen LogP contribution in [-0.2, 0) is 21.4 Å². The molecule has 4 heterocycles. The highest BCUT2D eigenvalue weighted by molar-refractivity contribution is 7.90. The van der Waals surface area contributed by atoms with Gasteiger partial charge in [0.05, 0.1) is 23.5 Å². The molecule has 2 aromatic carbocycles. The summed E-state index contributed by atoms with van der Waals surface area (Å²) in [5.41, 5.74) is 5.40. The van der Waals surface area contributed by atoms with Crippen LogP contribution in [0.2, 0.25) is 0 Å². The fourth-order valence-corrected chi connectivity index (χ4v) is 10.0. The van der Waals surface area contributed by atoms with Crippen molar-refractivity contribution in [3.63, 3.8) is 0 Å². The van der Waals surface area contributed by atoms with E-state index in [-0.39, 0.29) is 23.9 Å². The van der Waals surface area contributed by atoms with Gasteiger partial charge in [0.1, 0.15) is 5.75 Å². The normalized spacial score (nSPS) is 27.3. The van der Waals surface area contributed by atoms with Gasteiger partial charge in [0.15, 0.2) is 0 Å². The van der Waals surface area contributed by atoms with Crippen LogP contribution in [0, 0.1) is 5.41 Å². The van der Waals surface area contributed by atoms with Gasteiger partial charge in [-0.1, -0.05) is 25.3 Å². The van der Waals surface area contributed by atoms with Crippen molar-refractivity contribution in [3.05, 3.63) is 53.1 Å². The van der Waals surface area contributed by atoms with Gasteiger partial charge in [-0.05, 0) is 100 Å². The quantitative estimate of drug-likeness (QED) is 0.369. The number of carbonyl (C=O) groups excluding carboxylic acids is 2. The van der Waals surface area contributed by atoms with Crippen LogP contribution in [0.3, 0.4) is 0 Å². The van der Waals surface area contributed by atoms with Gasteiger partial charge in [0.25, 0.3) is 5.91 Å². The number of carbonyl (C=O) groups is 2. The van der Waals surface area contributed by atoms with Gasteiger partial charge < -0.3 is 19.1 Å². The van der Waals surface area contributed by atoms with Crippen molar-refractivity contribution < 1.29 is 22.7 Å². The maximum Gasteiger partial charge on any atom is 0.264 e. The van der Waals surface area contributed by atoms with E-state index in [1.54, 1.807) is 27.0 Å². The lowest BCUT2D eigenvalue weighted by Crippen LogP contribution is -2.57. The number of benzene rings is 2. The van der Waals surface area contributed by atoms with Crippen molar-refractivity contribution in [2.75, 3.05) is 27.2 Å². The van der Waals surface area contributed by atoms with E-state index in [1.807, 2.05) is 18.2 Å². The standard InChI is InChI=1S/C37H46N4O5S/c1-22(2)47(44,45)38-35(42)24-10-14-29-32(16-24)40-21-37(36(43)41-25-11-12-26(41)20-39(3)19-25)18-31(37)30-17-27(46-4)13-15-28(30)34(40)33(29)23-8-6-5-7-9-23/h10,13-17,22-23,25-26,31H,5-9,11-12,18-21H2,1-4H3,(H,38,42). The van der Waals surface area contributed by atoms with Gasteiger partial charge >= 0.3 is 0 Å². The molecule has 47 heavy (non-hydrogen) atoms. The summed E-state index contributed by atoms with van der Waals surface area (Å²) in [6.07, 6.45) is 8.67. The molecule has 2 aliphatic carbocycles. The molecular formula is C37H46N4O5S. The molecular weight excluding hydrogens is 612 g/mol. The fourth-order valence-electron chi connectivity index (χ4n) is 9.43. The lowest BCUT2D eigenvalue weighted by molar-refractivity contribution is -0.143. The number of amides is 2. The van der Waals surface area contributed by atoms with Crippen molar-refractivity contribution in [3.8, 4) is 17.0 Å². The number of methoxy groups -OCH3 is 1. The number of likely N-dealkylation sites (N-methyl/N-ethyl adjacent to an activating group) is 1. The molecule has 10 heteroatoms. The van der Waals surface area contributed by atoms with Crippen molar-refractivity contribution >= 4 is 32.7 Å². The zero-order valence-electron chi connectivity index (χ0n) is 27.9. The van der Waals surface area contributed by atoms with Crippen molar-refractivity contribution in [2.45, 2.75) is 101 Å². The molecule has 4 atom stereocenters. The largest absolute Gasteiger partial charge is 0.497 e. The first kappa shape index (κ1) is 30.9. The molecule has 250 valence electrons. The highest BCUT2D eigenvalue weighted by Gasteiger charge is 2.65. The van der Waals surface area contributed by atoms with Crippen LogP contribution in [0.1, 0.15) is 98.5 Å². The molecule has 0 spiro atoms. The van der Waals surface area contributed by atoms with Crippen LogP contribution in [0.5, 0.6) is 5.75 Å². The highest BCUT2D eigenvalue weighted by Crippen LogP contribution is 2.66. The van der Waals surface area contributed by atoms with Gasteiger partial charge in [-0.3, -0.25) is 9.59 Å². The van der Waals surface area contributed by atoms with Gasteiger partial charge in [0.2, 0.25) is 15.9 Å². The Morgan fingerprint density at radius 1 is 0.979 bits per heavy atom. The van der Waals surface area contributed by atoms with E-state index in [0.717, 1.165) is 73.1 Å². The molecule has 3 aliphatic heterocycles. The summed E-state index contributed by atoms with van der Waals surface area (Å²) in [4.78, 5) is 33.0. The molecule has 1 aromatic heterocycles. The number of likely N-dealkylation sites (tertiary alicyclic amines) is 1. The molecule has 2 saturated carbocycles. The van der Waals surface area contributed by atoms with Gasteiger partial charge in [-0.15, -0.1) is 0 Å². The molecule has 2 bridgehead atoms. The second-order valence-electron chi connectivity index (χ2n) is 15.1. The first-order chi connectivity index (χ1) is 22.5. The Labute approximate surface area is 277 Å². The lowest BCUT2D eigenvalue weighted by atomic mass is 9.81. The van der Waals surface area contributed by atoms with E-state index >= 15 is 0 Å². The summed E-state index contributed by atoms with van der Waals surface area (Å²) >= 11 is 0. The molecule has 3 aromatic rings. The Hall–Kier alpha value is -3.37. The number of fused-ring (bicyclic) bond motifs is 9. The first-order valence-electron chi connectivity index (χ1n) is 17.4. The summed E-state index contributed by atoms with van der Waals surface area (Å²) < 4.78 is 35.7. The van der Waals surface area contributed by atoms with Gasteiger partial charge in [0, 0.05) is 59.7 Å². The third-order valence-electron chi connectivity index (χ3n) is 12.0. The summed E-state index contributed by atoms with van der Waals surface area (Å²) in [5, 5.41) is 0.368. The Morgan fingerprint density at radius 2 is 1.70 bits per heavy atom. The predicted molar refractivity (Wildman–Crippen MR) is 182 cm³/mol. The third kappa shape index (κ3) is 4.84. The number of piperazine rings is 1. The minimum Gasteiger partial charge on any atom is -0.497 e. The number of hydrogen-bond acceptors (Lipinski definition) is 6. The number of rotatable bonds is 6. The molecule has 4 fully saturated rings. The first-order valence-corrected chi connectivity index (χ1v) is 19.0. The maximum atomic E-state index is 15.0. The second kappa shape index (κ2) is 11.1. The molecule has 2 saturated heterocycles. The number of hydrogen-bond donors (Lipinski definition) is 1. The SMILES string of the molecule is COc1ccc2c(c1)C1CC1(C(=O)N1C3CCC1CN(C)C3)Cn1c-2c(C2CCCCC2)c2ccc(C(=O)NS(=O)(=O)C(C)C)cc21. The van der Waals surface area contributed by atoms with E-state index in [2.05, 4.69) is 38.3 Å². The maximum absolute atomic E-state index is 15.0. The smallest absolute Gasteiger partial charge is 0.264 e. The monoisotopic (exact) mass is 658 g/mol. The Bertz CT molecular complexity index is 1880. The van der Waals surface area contributed by atoms with E-state index in [4.69, 9.17) is 4.74 Å². The molecule has 4 unspecified atom stereocenters. The van der Waals surface area contributed by atoms with Gasteiger partial charge in [-0.25, -0.2) is 13.1 Å². The summed E-state index contributed by atoms with van der Waals surface area (Å²) in [7, 11) is 0.0575. The van der Waals surface area contributed by atoms with Crippen LogP contribution in [0.15, 0.2) is 36.4 Å². The predicted octanol–water partition coefficient (Wildman–Crippen LogP) is 5.62. The van der Waals surface area contributed by atoms with Crippen molar-refractivity contribution in [2.24, 2.45) is 5.41 Å². The third-order valence-corrected chi connectivity index (χ3v) is 13.7. The van der Waals surface area contributed by atoms with Crippen LogP contribution < -0.4 is 9.46 Å². The average molecular weight is 659 g/mol. The minimum atomic E-state index is -3.80. The summed E-state index contributed by atoms with van der Waals surface area (Å²) in [6, 6.07) is 12.5. The molecule has 8 rings (SSSR count). The van der Waals surface area contributed by atoms with E-state index < -0.39 is 26.6 Å². The highest BCUT2D eigenvalue weighted by atomic mass is 32.2. The lowest BCUT2D eigenvalue weighted by Gasteiger charge is -2.41. The number of aromatic nitrogens is 1. The van der Waals surface area contributed by atoms with E-state index in [1.165, 1.54) is 30.4 Å². The van der Waals surface area contributed by atoms with Crippen molar-refractivity contribution in [1.82, 2.24) is 19.1 Å². The minimum absolute atomic E-state index is 0.0796. The van der Waals surface area contributed by atoms with Crippen molar-refractivity contribution in [1.29, 1.82) is 0 Å². The van der Waals surface area contributed by atoms with Crippen LogP contribution in [-0.4, -0.2) is 79.2 Å². The summed E-state index contributed by atoms with van der Waals surface area (Å²) in [6.45, 7) is 5.48. The zero-order chi connectivity index (χ0) is 32.8. The molecule has 1 N–H and O–H groups in total. The number of nitrogens with one attached hydrogen (secondary N) is 1. The second-order valence-corrected chi connectivity index (χ2v) is 17.4. The summed E-state index contributed by atoms with van der Waals surface area (Å²) in [5.74, 6) is 0.885. The molecule has 2 amide bonds. The topological polar surface area (TPSA) is 101 Å².